The van der Waals surface area contributed by atoms with E-state index in [2.05, 4.69) is 0 Å². The lowest BCUT2D eigenvalue weighted by Gasteiger charge is -2.18. The molecule has 0 radical (unpaired) electrons. The van der Waals surface area contributed by atoms with Crippen LogP contribution in [0.2, 0.25) is 0 Å². The number of carboxylic acid groups (broad SMARTS) is 1. The Morgan fingerprint density at radius 1 is 1.33 bits per heavy atom. The first-order valence-electron chi connectivity index (χ1n) is 7.07. The number of alkyl halides is 3. The third-order valence-corrected chi connectivity index (χ3v) is 4.63. The summed E-state index contributed by atoms with van der Waals surface area (Å²) in [7, 11) is -1.12. The molecule has 0 aromatic heterocycles. The van der Waals surface area contributed by atoms with Crippen molar-refractivity contribution in [2.45, 2.75) is 11.9 Å². The lowest BCUT2D eigenvalue weighted by atomic mass is 9.96. The Bertz CT molecular complexity index is 677. The maximum Gasteiger partial charge on any atom is 0.394 e. The van der Waals surface area contributed by atoms with Crippen molar-refractivity contribution in [2.24, 2.45) is 11.8 Å². The average molecular weight is 363 g/mol. The van der Waals surface area contributed by atoms with Crippen molar-refractivity contribution in [3.05, 3.63) is 35.4 Å². The van der Waals surface area contributed by atoms with Crippen LogP contribution >= 0.6 is 0 Å². The number of nitrogens with zero attached hydrogens (tertiary/aromatic N) is 1. The third-order valence-electron chi connectivity index (χ3n) is 3.89. The summed E-state index contributed by atoms with van der Waals surface area (Å²) in [6, 6.07) is 6.14. The van der Waals surface area contributed by atoms with E-state index in [9.17, 15) is 27.0 Å². The van der Waals surface area contributed by atoms with Gasteiger partial charge in [-0.15, -0.1) is 0 Å². The van der Waals surface area contributed by atoms with Crippen LogP contribution in [0.1, 0.15) is 15.9 Å². The molecule has 1 heterocycles. The first kappa shape index (κ1) is 18.4. The van der Waals surface area contributed by atoms with E-state index in [0.717, 1.165) is 4.90 Å². The molecule has 5 nitrogen and oxygen atoms in total. The van der Waals surface area contributed by atoms with Crippen LogP contribution in [0.4, 0.5) is 13.2 Å². The van der Waals surface area contributed by atoms with Crippen LogP contribution in [-0.2, 0) is 21.3 Å². The number of aliphatic carboxylic acids is 1. The zero-order valence-corrected chi connectivity index (χ0v) is 13.6. The highest BCUT2D eigenvalue weighted by atomic mass is 32.2. The number of rotatable bonds is 4. The number of carboxylic acids is 1. The van der Waals surface area contributed by atoms with Crippen LogP contribution in [0.3, 0.4) is 0 Å². The topological polar surface area (TPSA) is 74.7 Å². The second kappa shape index (κ2) is 6.92. The molecule has 1 aromatic carbocycles. The Morgan fingerprint density at radius 3 is 2.50 bits per heavy atom. The summed E-state index contributed by atoms with van der Waals surface area (Å²) < 4.78 is 50.2. The van der Waals surface area contributed by atoms with Gasteiger partial charge in [-0.05, 0) is 17.7 Å². The molecule has 1 N–H and O–H groups in total. The van der Waals surface area contributed by atoms with Gasteiger partial charge in [0.1, 0.15) is 0 Å². The third kappa shape index (κ3) is 4.14. The molecule has 1 saturated heterocycles. The Hall–Kier alpha value is -1.90. The number of halogens is 3. The summed E-state index contributed by atoms with van der Waals surface area (Å²) in [6.07, 6.45) is -3.18. The summed E-state index contributed by atoms with van der Waals surface area (Å²) in [5, 5.41) is 8.99. The van der Waals surface area contributed by atoms with Crippen molar-refractivity contribution in [1.82, 2.24) is 4.90 Å². The molecule has 1 aliphatic heterocycles. The number of carbonyl (C=O) groups excluding carboxylic acids is 1. The normalized spacial score (nSPS) is 22.4. The average Bonchev–Trinajstić information content (AvgIpc) is 2.91. The van der Waals surface area contributed by atoms with Crippen molar-refractivity contribution in [3.63, 3.8) is 0 Å². The van der Waals surface area contributed by atoms with Crippen molar-refractivity contribution in [3.8, 4) is 0 Å². The molecule has 1 unspecified atom stereocenters. The molecular formula is C15H16F3NO4S. The SMILES string of the molecule is CS(=O)Cc1cccc(C(=O)N2C[C@@H](C(F)(F)F)[C@H](C(=O)O)C2)c1. The smallest absolute Gasteiger partial charge is 0.394 e. The van der Waals surface area contributed by atoms with E-state index >= 15 is 0 Å². The van der Waals surface area contributed by atoms with Gasteiger partial charge < -0.3 is 10.0 Å². The lowest BCUT2D eigenvalue weighted by Crippen LogP contribution is -2.34. The fourth-order valence-electron chi connectivity index (χ4n) is 2.76. The quantitative estimate of drug-likeness (QED) is 0.887. The fraction of sp³-hybridized carbons (Fsp3) is 0.467. The highest BCUT2D eigenvalue weighted by Crippen LogP contribution is 2.38. The van der Waals surface area contributed by atoms with E-state index in [1.165, 1.54) is 18.4 Å². The molecule has 0 aliphatic carbocycles. The van der Waals surface area contributed by atoms with Crippen molar-refractivity contribution in [1.29, 1.82) is 0 Å². The minimum Gasteiger partial charge on any atom is -0.481 e. The summed E-state index contributed by atoms with van der Waals surface area (Å²) in [6.45, 7) is -1.16. The molecule has 0 saturated carbocycles. The van der Waals surface area contributed by atoms with Gasteiger partial charge >= 0.3 is 12.1 Å². The van der Waals surface area contributed by atoms with E-state index in [1.807, 2.05) is 0 Å². The molecule has 2 rings (SSSR count). The van der Waals surface area contributed by atoms with Crippen LogP contribution in [0.15, 0.2) is 24.3 Å². The summed E-state index contributed by atoms with van der Waals surface area (Å²) in [4.78, 5) is 24.4. The van der Waals surface area contributed by atoms with Crippen LogP contribution < -0.4 is 0 Å². The highest BCUT2D eigenvalue weighted by Gasteiger charge is 2.53. The first-order valence-corrected chi connectivity index (χ1v) is 8.80. The van der Waals surface area contributed by atoms with Gasteiger partial charge in [0.05, 0.1) is 11.8 Å². The van der Waals surface area contributed by atoms with E-state index in [4.69, 9.17) is 5.11 Å². The van der Waals surface area contributed by atoms with Crippen molar-refractivity contribution >= 4 is 22.7 Å². The molecule has 1 aromatic rings. The monoisotopic (exact) mass is 363 g/mol. The number of amides is 1. The maximum absolute atomic E-state index is 13.0. The number of likely N-dealkylation sites (tertiary alicyclic amines) is 1. The standard InChI is InChI=1S/C15H16F3NO4S/c1-24(23)8-9-3-2-4-10(5-9)13(20)19-6-11(14(21)22)12(7-19)15(16,17)18/h2-5,11-12H,6-8H2,1H3,(H,21,22)/t11-,12-,24?/m1/s1. The molecule has 1 amide bonds. The van der Waals surface area contributed by atoms with Gasteiger partial charge in [-0.25, -0.2) is 0 Å². The second-order valence-corrected chi connectivity index (χ2v) is 7.16. The van der Waals surface area contributed by atoms with Gasteiger partial charge in [0.25, 0.3) is 5.91 Å². The molecule has 9 heteroatoms. The predicted molar refractivity (Wildman–Crippen MR) is 80.8 cm³/mol. The molecule has 132 valence electrons. The molecule has 0 spiro atoms. The van der Waals surface area contributed by atoms with Gasteiger partial charge in [0.15, 0.2) is 0 Å². The van der Waals surface area contributed by atoms with Gasteiger partial charge in [-0.2, -0.15) is 13.2 Å². The van der Waals surface area contributed by atoms with Gasteiger partial charge in [0.2, 0.25) is 0 Å². The molecule has 1 aliphatic rings. The number of hydrogen-bond acceptors (Lipinski definition) is 3. The lowest BCUT2D eigenvalue weighted by molar-refractivity contribution is -0.187. The van der Waals surface area contributed by atoms with E-state index in [-0.39, 0.29) is 11.3 Å². The van der Waals surface area contributed by atoms with Crippen molar-refractivity contribution in [2.75, 3.05) is 19.3 Å². The van der Waals surface area contributed by atoms with E-state index in [0.29, 0.717) is 5.56 Å². The minimum absolute atomic E-state index is 0.157. The summed E-state index contributed by atoms with van der Waals surface area (Å²) in [5.74, 6) is -5.74. The van der Waals surface area contributed by atoms with Crippen LogP contribution in [-0.4, -0.2) is 51.6 Å². The van der Waals surface area contributed by atoms with E-state index in [1.54, 1.807) is 12.1 Å². The van der Waals surface area contributed by atoms with Crippen LogP contribution in [0.5, 0.6) is 0 Å². The molecule has 3 atom stereocenters. The Kier molecular flexibility index (Phi) is 5.32. The molecule has 24 heavy (non-hydrogen) atoms. The Labute approximate surface area is 138 Å². The molecule has 1 fully saturated rings. The molecule has 0 bridgehead atoms. The van der Waals surface area contributed by atoms with Crippen LogP contribution in [0.25, 0.3) is 0 Å². The van der Waals surface area contributed by atoms with Crippen molar-refractivity contribution < 1.29 is 32.1 Å². The Balaban J connectivity index is 2.21. The minimum atomic E-state index is -4.68. The largest absolute Gasteiger partial charge is 0.481 e. The zero-order valence-electron chi connectivity index (χ0n) is 12.7. The second-order valence-electron chi connectivity index (χ2n) is 5.72. The molecular weight excluding hydrogens is 347 g/mol. The van der Waals surface area contributed by atoms with Gasteiger partial charge in [-0.3, -0.25) is 13.8 Å². The maximum atomic E-state index is 13.0. The zero-order chi connectivity index (χ0) is 18.1. The number of hydrogen-bond donors (Lipinski definition) is 1. The van der Waals surface area contributed by atoms with Gasteiger partial charge in [0, 0.05) is 41.5 Å². The van der Waals surface area contributed by atoms with Crippen LogP contribution in [0, 0.1) is 11.8 Å². The first-order chi connectivity index (χ1) is 11.1. The number of benzene rings is 1. The summed E-state index contributed by atoms with van der Waals surface area (Å²) in [5.41, 5.74) is 0.785. The Morgan fingerprint density at radius 2 is 2.00 bits per heavy atom. The number of carbonyl (C=O) groups is 2. The van der Waals surface area contributed by atoms with E-state index < -0.39 is 53.8 Å². The van der Waals surface area contributed by atoms with Gasteiger partial charge in [-0.1, -0.05) is 12.1 Å². The highest BCUT2D eigenvalue weighted by molar-refractivity contribution is 7.83. The predicted octanol–water partition coefficient (Wildman–Crippen LogP) is 1.90. The fourth-order valence-corrected chi connectivity index (χ4v) is 3.41. The summed E-state index contributed by atoms with van der Waals surface area (Å²) >= 11 is 0.